The van der Waals surface area contributed by atoms with Crippen molar-refractivity contribution in [3.8, 4) is 0 Å². The van der Waals surface area contributed by atoms with E-state index in [2.05, 4.69) is 61.5 Å². The Hall–Kier alpha value is -0.260. The Morgan fingerprint density at radius 1 is 0.833 bits per heavy atom. The monoisotopic (exact) mass is 412 g/mol. The van der Waals surface area contributed by atoms with Crippen LogP contribution in [0.4, 0.5) is 0 Å². The van der Waals surface area contributed by atoms with Crippen LogP contribution < -0.4 is 0 Å². The lowest BCUT2D eigenvalue weighted by molar-refractivity contribution is -0.203. The zero-order chi connectivity index (χ0) is 21.9. The lowest BCUT2D eigenvalue weighted by Crippen LogP contribution is -2.62. The third-order valence-corrected chi connectivity index (χ3v) is 12.1. The van der Waals surface area contributed by atoms with Gasteiger partial charge in [-0.15, -0.1) is 0 Å². The third kappa shape index (κ3) is 3.28. The molecule has 0 N–H and O–H groups in total. The van der Waals surface area contributed by atoms with E-state index in [1.54, 1.807) is 0 Å². The summed E-state index contributed by atoms with van der Waals surface area (Å²) in [5.74, 6) is 4.78. The predicted octanol–water partition coefficient (Wildman–Crippen LogP) is 9.44. The highest BCUT2D eigenvalue weighted by Gasteiger charge is 2.67. The first kappa shape index (κ1) is 22.9. The molecule has 4 saturated carbocycles. The second-order valence-electron chi connectivity index (χ2n) is 14.0. The zero-order valence-electron chi connectivity index (χ0n) is 21.7. The van der Waals surface area contributed by atoms with Gasteiger partial charge < -0.3 is 0 Å². The molecule has 0 amide bonds. The molecule has 0 bridgehead atoms. The largest absolute Gasteiger partial charge is 0.0859 e. The third-order valence-electron chi connectivity index (χ3n) is 12.1. The van der Waals surface area contributed by atoms with Gasteiger partial charge in [-0.1, -0.05) is 59.6 Å². The smallest absolute Gasteiger partial charge is 0.0235 e. The van der Waals surface area contributed by atoms with Crippen molar-refractivity contribution in [2.24, 2.45) is 51.2 Å². The van der Waals surface area contributed by atoms with Crippen LogP contribution in [0.5, 0.6) is 0 Å². The molecule has 30 heavy (non-hydrogen) atoms. The van der Waals surface area contributed by atoms with E-state index in [0.29, 0.717) is 21.7 Å². The summed E-state index contributed by atoms with van der Waals surface area (Å²) in [6, 6.07) is 0. The number of rotatable bonds is 4. The summed E-state index contributed by atoms with van der Waals surface area (Å²) in [5, 5.41) is 0. The Morgan fingerprint density at radius 2 is 1.53 bits per heavy atom. The van der Waals surface area contributed by atoms with Crippen LogP contribution in [0.3, 0.4) is 0 Å². The van der Waals surface area contributed by atoms with Gasteiger partial charge in [0.05, 0.1) is 0 Å². The molecule has 0 heterocycles. The minimum Gasteiger partial charge on any atom is -0.0859 e. The summed E-state index contributed by atoms with van der Waals surface area (Å²) in [7, 11) is 0. The fourth-order valence-electron chi connectivity index (χ4n) is 10.4. The summed E-state index contributed by atoms with van der Waals surface area (Å²) in [6.45, 7) is 20.6. The molecule has 0 heteroatoms. The molecule has 0 spiro atoms. The number of hydrogen-bond donors (Lipinski definition) is 0. The number of fused-ring (bicyclic) bond motifs is 5. The Balaban J connectivity index is 1.58. The zero-order valence-corrected chi connectivity index (χ0v) is 21.7. The minimum absolute atomic E-state index is 0.559. The van der Waals surface area contributed by atoms with Crippen molar-refractivity contribution in [3.05, 3.63) is 11.6 Å². The average Bonchev–Trinajstić information content (AvgIpc) is 2.99. The molecule has 4 rings (SSSR count). The minimum atomic E-state index is 0.559. The van der Waals surface area contributed by atoms with Gasteiger partial charge in [0.15, 0.2) is 0 Å². The van der Waals surface area contributed by atoms with Gasteiger partial charge in [-0.05, 0) is 129 Å². The first-order valence-corrected chi connectivity index (χ1v) is 13.6. The van der Waals surface area contributed by atoms with Crippen LogP contribution >= 0.6 is 0 Å². The molecular formula is C30H52. The summed E-state index contributed by atoms with van der Waals surface area (Å²) >= 11 is 0. The van der Waals surface area contributed by atoms with E-state index < -0.39 is 0 Å². The first-order valence-electron chi connectivity index (χ1n) is 13.6. The fraction of sp³-hybridized carbons (Fsp3) is 0.933. The van der Waals surface area contributed by atoms with Crippen molar-refractivity contribution >= 4 is 0 Å². The number of hydrogen-bond acceptors (Lipinski definition) is 0. The van der Waals surface area contributed by atoms with Crippen molar-refractivity contribution in [3.63, 3.8) is 0 Å². The van der Waals surface area contributed by atoms with Crippen molar-refractivity contribution in [1.82, 2.24) is 0 Å². The van der Waals surface area contributed by atoms with Gasteiger partial charge in [0.2, 0.25) is 0 Å². The van der Waals surface area contributed by atoms with Crippen molar-refractivity contribution in [2.45, 2.75) is 126 Å². The van der Waals surface area contributed by atoms with Crippen molar-refractivity contribution in [1.29, 1.82) is 0 Å². The summed E-state index contributed by atoms with van der Waals surface area (Å²) in [5.41, 5.74) is 3.80. The van der Waals surface area contributed by atoms with E-state index in [0.717, 1.165) is 29.6 Å². The lowest BCUT2D eigenvalue weighted by Gasteiger charge is -2.69. The topological polar surface area (TPSA) is 0 Å². The molecule has 4 aliphatic rings. The van der Waals surface area contributed by atoms with Gasteiger partial charge in [-0.25, -0.2) is 0 Å². The van der Waals surface area contributed by atoms with Crippen LogP contribution in [-0.4, -0.2) is 0 Å². The predicted molar refractivity (Wildman–Crippen MR) is 131 cm³/mol. The van der Waals surface area contributed by atoms with E-state index >= 15 is 0 Å². The summed E-state index contributed by atoms with van der Waals surface area (Å²) in [4.78, 5) is 0. The van der Waals surface area contributed by atoms with E-state index in [9.17, 15) is 0 Å². The van der Waals surface area contributed by atoms with Crippen LogP contribution in [0.15, 0.2) is 11.6 Å². The molecule has 0 nitrogen and oxygen atoms in total. The molecule has 0 aromatic carbocycles. The quantitative estimate of drug-likeness (QED) is 0.403. The molecule has 0 aromatic heterocycles. The second kappa shape index (κ2) is 7.66. The SMILES string of the molecule is CC(C)=CCC[C@@H](C)[C@H]1CC[C@@]2(C)[C@H]1CC[C@@H]1[C@@]3(C)CCCC(C)(C)C3CC[C@]12C. The fourth-order valence-corrected chi connectivity index (χ4v) is 10.4. The molecule has 4 aliphatic carbocycles. The number of allylic oxidation sites excluding steroid dienone is 2. The maximum absolute atomic E-state index is 2.78. The van der Waals surface area contributed by atoms with E-state index in [1.165, 1.54) is 76.2 Å². The Labute approximate surface area is 189 Å². The van der Waals surface area contributed by atoms with Crippen LogP contribution in [0.1, 0.15) is 126 Å². The van der Waals surface area contributed by atoms with Gasteiger partial charge >= 0.3 is 0 Å². The summed E-state index contributed by atoms with van der Waals surface area (Å²) in [6.07, 6.45) is 18.7. The molecule has 172 valence electrons. The van der Waals surface area contributed by atoms with Gasteiger partial charge in [0.25, 0.3) is 0 Å². The van der Waals surface area contributed by atoms with Crippen molar-refractivity contribution < 1.29 is 0 Å². The average molecular weight is 413 g/mol. The maximum Gasteiger partial charge on any atom is -0.0235 e. The molecule has 1 unspecified atom stereocenters. The normalized spacial score (nSPS) is 48.3. The second-order valence-corrected chi connectivity index (χ2v) is 14.0. The van der Waals surface area contributed by atoms with Crippen LogP contribution in [-0.2, 0) is 0 Å². The lowest BCUT2D eigenvalue weighted by atomic mass is 9.35. The van der Waals surface area contributed by atoms with Gasteiger partial charge in [-0.2, -0.15) is 0 Å². The summed E-state index contributed by atoms with van der Waals surface area (Å²) < 4.78 is 0. The van der Waals surface area contributed by atoms with E-state index in [1.807, 2.05) is 0 Å². The molecule has 0 radical (unpaired) electrons. The Kier molecular flexibility index (Phi) is 5.85. The molecule has 0 saturated heterocycles. The van der Waals surface area contributed by atoms with Crippen LogP contribution in [0.25, 0.3) is 0 Å². The highest BCUT2D eigenvalue weighted by Crippen LogP contribution is 2.75. The highest BCUT2D eigenvalue weighted by atomic mass is 14.7. The van der Waals surface area contributed by atoms with Gasteiger partial charge in [0, 0.05) is 0 Å². The van der Waals surface area contributed by atoms with Crippen molar-refractivity contribution in [2.75, 3.05) is 0 Å². The van der Waals surface area contributed by atoms with Crippen LogP contribution in [0, 0.1) is 51.2 Å². The van der Waals surface area contributed by atoms with Crippen LogP contribution in [0.2, 0.25) is 0 Å². The van der Waals surface area contributed by atoms with Gasteiger partial charge in [0.1, 0.15) is 0 Å². The Bertz CT molecular complexity index is 666. The molecule has 8 atom stereocenters. The molecule has 0 aromatic rings. The van der Waals surface area contributed by atoms with Gasteiger partial charge in [-0.3, -0.25) is 0 Å². The molecule has 0 aliphatic heterocycles. The van der Waals surface area contributed by atoms with E-state index in [4.69, 9.17) is 0 Å². The highest BCUT2D eigenvalue weighted by molar-refractivity contribution is 5.16. The maximum atomic E-state index is 2.78. The first-order chi connectivity index (χ1) is 14.0. The Morgan fingerprint density at radius 3 is 2.23 bits per heavy atom. The molecular weight excluding hydrogens is 360 g/mol. The van der Waals surface area contributed by atoms with E-state index in [-0.39, 0.29) is 0 Å². The molecule has 4 fully saturated rings. The standard InChI is InChI=1S/C30H52/c1-21(2)11-9-12-22(3)23-15-19-29(7)24(23)13-14-26-28(6)18-10-17-27(4,5)25(28)16-20-30(26,29)8/h11,22-26H,9-10,12-20H2,1-8H3/t22-,23-,24+,25?,26-,28+,29+,30-/m1/s1.